The van der Waals surface area contributed by atoms with Crippen LogP contribution in [0.5, 0.6) is 5.75 Å². The molecule has 3 rings (SSSR count). The van der Waals surface area contributed by atoms with E-state index in [9.17, 15) is 0 Å². The van der Waals surface area contributed by atoms with Crippen LogP contribution in [0.2, 0.25) is 0 Å². The number of nitrogen functional groups attached to an aromatic ring is 1. The molecule has 0 atom stereocenters. The molecular weight excluding hydrogens is 396 g/mol. The summed E-state index contributed by atoms with van der Waals surface area (Å²) in [5.74, 6) is 2.75. The first-order valence-electron chi connectivity index (χ1n) is 10.2. The Morgan fingerprint density at radius 2 is 2.13 bits per heavy atom. The van der Waals surface area contributed by atoms with E-state index in [0.29, 0.717) is 23.2 Å². The van der Waals surface area contributed by atoms with Crippen molar-refractivity contribution in [1.29, 1.82) is 0 Å². The maximum Gasteiger partial charge on any atom is 0.160 e. The lowest BCUT2D eigenvalue weighted by Crippen LogP contribution is -2.36. The van der Waals surface area contributed by atoms with E-state index in [1.807, 2.05) is 0 Å². The fourth-order valence-electron chi connectivity index (χ4n) is 3.31. The molecule has 8 heteroatoms. The summed E-state index contributed by atoms with van der Waals surface area (Å²) in [6.07, 6.45) is 2.47. The molecule has 0 saturated carbocycles. The zero-order valence-electron chi connectivity index (χ0n) is 18.4. The Morgan fingerprint density at radius 3 is 2.87 bits per heavy atom. The number of rotatable bonds is 9. The Labute approximate surface area is 183 Å². The number of anilines is 2. The van der Waals surface area contributed by atoms with Gasteiger partial charge < -0.3 is 20.7 Å². The zero-order chi connectivity index (χ0) is 21.7. The highest BCUT2D eigenvalue weighted by Crippen LogP contribution is 2.36. The smallest absolute Gasteiger partial charge is 0.160 e. The monoisotopic (exact) mass is 428 g/mol. The van der Waals surface area contributed by atoms with Crippen LogP contribution in [-0.4, -0.2) is 48.8 Å². The van der Waals surface area contributed by atoms with Crippen LogP contribution in [0, 0.1) is 12.3 Å². The van der Waals surface area contributed by atoms with E-state index in [2.05, 4.69) is 71.7 Å². The average Bonchev–Trinajstić information content (AvgIpc) is 3.13. The Balaban J connectivity index is 1.76. The molecule has 1 aliphatic rings. The maximum atomic E-state index is 6.02. The Hall–Kier alpha value is -2.32. The number of ether oxygens (including phenoxy) is 1. The third-order valence-electron chi connectivity index (χ3n) is 4.87. The van der Waals surface area contributed by atoms with Crippen LogP contribution in [0.4, 0.5) is 17.3 Å². The molecule has 0 amide bonds. The number of aromatic nitrogens is 2. The van der Waals surface area contributed by atoms with E-state index < -0.39 is 0 Å². The molecule has 1 aromatic heterocycles. The fraction of sp³-hybridized carbons (Fsp3) is 0.500. The number of nitrogens with two attached hydrogens (primary N) is 1. The molecule has 0 spiro atoms. The van der Waals surface area contributed by atoms with Gasteiger partial charge in [0.25, 0.3) is 0 Å². The second-order valence-electron chi connectivity index (χ2n) is 8.69. The third-order valence-corrected chi connectivity index (χ3v) is 6.06. The Bertz CT molecular complexity index is 896. The van der Waals surface area contributed by atoms with Crippen molar-refractivity contribution >= 4 is 35.8 Å². The number of nitrogens with one attached hydrogen (secondary N) is 1. The van der Waals surface area contributed by atoms with Crippen LogP contribution < -0.4 is 20.7 Å². The number of aryl methyl sites for hydroxylation is 1. The van der Waals surface area contributed by atoms with Gasteiger partial charge in [-0.05, 0) is 36.2 Å². The van der Waals surface area contributed by atoms with Crippen molar-refractivity contribution in [2.24, 2.45) is 10.4 Å². The van der Waals surface area contributed by atoms with E-state index in [0.717, 1.165) is 38.4 Å². The van der Waals surface area contributed by atoms with Crippen LogP contribution >= 0.6 is 11.8 Å². The summed E-state index contributed by atoms with van der Waals surface area (Å²) < 4.78 is 5.75. The quantitative estimate of drug-likeness (QED) is 0.272. The van der Waals surface area contributed by atoms with E-state index >= 15 is 0 Å². The minimum Gasteiger partial charge on any atom is -0.493 e. The molecule has 0 bridgehead atoms. The first kappa shape index (κ1) is 22.4. The van der Waals surface area contributed by atoms with Gasteiger partial charge >= 0.3 is 0 Å². The van der Waals surface area contributed by atoms with Gasteiger partial charge in [-0.15, -0.1) is 11.8 Å². The van der Waals surface area contributed by atoms with Gasteiger partial charge in [-0.3, -0.25) is 4.99 Å². The van der Waals surface area contributed by atoms with Crippen LogP contribution in [0.25, 0.3) is 0 Å². The average molecular weight is 429 g/mol. The number of hydrogen-bond acceptors (Lipinski definition) is 8. The highest BCUT2D eigenvalue weighted by atomic mass is 32.2. The Morgan fingerprint density at radius 1 is 1.33 bits per heavy atom. The molecule has 1 aliphatic heterocycles. The molecule has 3 N–H and O–H groups in total. The molecule has 7 nitrogen and oxygen atoms in total. The second-order valence-corrected chi connectivity index (χ2v) is 9.67. The lowest BCUT2D eigenvalue weighted by Gasteiger charge is -2.26. The van der Waals surface area contributed by atoms with Crippen LogP contribution in [0.3, 0.4) is 0 Å². The molecule has 0 saturated heterocycles. The lowest BCUT2D eigenvalue weighted by molar-refractivity contribution is 0.356. The zero-order valence-corrected chi connectivity index (χ0v) is 19.2. The van der Waals surface area contributed by atoms with Gasteiger partial charge in [0.1, 0.15) is 17.8 Å². The second kappa shape index (κ2) is 9.66. The predicted octanol–water partition coefficient (Wildman–Crippen LogP) is 3.83. The first-order chi connectivity index (χ1) is 14.3. The number of fused-ring (bicyclic) bond motifs is 1. The summed E-state index contributed by atoms with van der Waals surface area (Å²) in [6.45, 7) is 15.8. The van der Waals surface area contributed by atoms with Crippen LogP contribution in [0.15, 0.2) is 28.3 Å². The molecule has 30 heavy (non-hydrogen) atoms. The van der Waals surface area contributed by atoms with Crippen molar-refractivity contribution in [2.45, 2.75) is 39.0 Å². The minimum absolute atomic E-state index is 0.230. The molecule has 2 aromatic rings. The SMILES string of the molecule is C=Nc1c(N)ncnc1N(CCNCC(C)(C)C)CSc1cc2c(cc1C)CCO2. The molecule has 0 aliphatic carbocycles. The molecule has 1 aromatic carbocycles. The number of aliphatic imine (C=N–C) groups is 1. The fourth-order valence-corrected chi connectivity index (χ4v) is 4.33. The first-order valence-corrected chi connectivity index (χ1v) is 11.2. The summed E-state index contributed by atoms with van der Waals surface area (Å²) in [4.78, 5) is 16.0. The highest BCUT2D eigenvalue weighted by molar-refractivity contribution is 7.99. The van der Waals surface area contributed by atoms with Gasteiger partial charge in [-0.25, -0.2) is 9.97 Å². The predicted molar refractivity (Wildman–Crippen MR) is 126 cm³/mol. The molecule has 162 valence electrons. The van der Waals surface area contributed by atoms with E-state index in [-0.39, 0.29) is 5.41 Å². The molecular formula is C22H32N6OS. The van der Waals surface area contributed by atoms with Crippen molar-refractivity contribution < 1.29 is 4.74 Å². The summed E-state index contributed by atoms with van der Waals surface area (Å²) in [6, 6.07) is 4.39. The van der Waals surface area contributed by atoms with Gasteiger partial charge in [0.05, 0.1) is 12.5 Å². The summed E-state index contributed by atoms with van der Waals surface area (Å²) in [7, 11) is 0. The molecule has 2 heterocycles. The summed E-state index contributed by atoms with van der Waals surface area (Å²) >= 11 is 1.76. The number of thioether (sulfide) groups is 1. The normalized spacial score (nSPS) is 13.1. The van der Waals surface area contributed by atoms with Crippen molar-refractivity contribution in [3.63, 3.8) is 0 Å². The number of nitrogens with zero attached hydrogens (tertiary/aromatic N) is 4. The number of benzene rings is 1. The highest BCUT2D eigenvalue weighted by Gasteiger charge is 2.19. The van der Waals surface area contributed by atoms with Gasteiger partial charge in [0.2, 0.25) is 0 Å². The maximum absolute atomic E-state index is 6.02. The number of hydrogen-bond donors (Lipinski definition) is 2. The summed E-state index contributed by atoms with van der Waals surface area (Å²) in [5.41, 5.74) is 9.34. The van der Waals surface area contributed by atoms with Gasteiger partial charge in [-0.2, -0.15) is 0 Å². The van der Waals surface area contributed by atoms with Crippen LogP contribution in [0.1, 0.15) is 31.9 Å². The largest absolute Gasteiger partial charge is 0.493 e. The molecule has 0 radical (unpaired) electrons. The standard InChI is InChI=1S/C22H32N6OS/c1-15-10-16-6-9-29-17(16)11-18(15)30-14-28(8-7-25-12-22(2,3)4)21-19(24-5)20(23)26-13-27-21/h10-11,13,25H,5-9,12,14H2,1-4H3,(H2,23,26,27). The van der Waals surface area contributed by atoms with Crippen molar-refractivity contribution in [1.82, 2.24) is 15.3 Å². The molecule has 0 unspecified atom stereocenters. The topological polar surface area (TPSA) is 88.7 Å². The van der Waals surface area contributed by atoms with E-state index in [4.69, 9.17) is 10.5 Å². The van der Waals surface area contributed by atoms with Crippen molar-refractivity contribution in [3.05, 3.63) is 29.6 Å². The molecule has 0 fully saturated rings. The lowest BCUT2D eigenvalue weighted by atomic mass is 9.97. The van der Waals surface area contributed by atoms with E-state index in [1.54, 1.807) is 11.8 Å². The third kappa shape index (κ3) is 5.64. The van der Waals surface area contributed by atoms with Gasteiger partial charge in [-0.1, -0.05) is 26.8 Å². The van der Waals surface area contributed by atoms with Crippen molar-refractivity contribution in [3.8, 4) is 5.75 Å². The van der Waals surface area contributed by atoms with Crippen molar-refractivity contribution in [2.75, 3.05) is 42.8 Å². The van der Waals surface area contributed by atoms with Crippen LogP contribution in [-0.2, 0) is 6.42 Å². The minimum atomic E-state index is 0.230. The van der Waals surface area contributed by atoms with Gasteiger partial charge in [0.15, 0.2) is 11.6 Å². The summed E-state index contributed by atoms with van der Waals surface area (Å²) in [5, 5.41) is 3.53. The van der Waals surface area contributed by atoms with Gasteiger partial charge in [0, 0.05) is 31.0 Å². The van der Waals surface area contributed by atoms with E-state index in [1.165, 1.54) is 22.3 Å². The Kier molecular flexibility index (Phi) is 7.20.